The average Bonchev–Trinajstić information content (AvgIpc) is 2.61. The van der Waals surface area contributed by atoms with Crippen LogP contribution < -0.4 is 4.52 Å². The summed E-state index contributed by atoms with van der Waals surface area (Å²) in [6.07, 6.45) is 1.92. The Morgan fingerprint density at radius 2 is 1.26 bits per heavy atom. The Bertz CT molecular complexity index is 990. The summed E-state index contributed by atoms with van der Waals surface area (Å²) in [6.45, 7) is 16.3. The molecule has 0 aliphatic carbocycles. The minimum absolute atomic E-state index is 0.205. The number of hydrogen-bond acceptors (Lipinski definition) is 3. The summed E-state index contributed by atoms with van der Waals surface area (Å²) >= 11 is 0. The Labute approximate surface area is 186 Å². The molecule has 0 saturated heterocycles. The zero-order valence-corrected chi connectivity index (χ0v) is 20.9. The summed E-state index contributed by atoms with van der Waals surface area (Å²) in [4.78, 5) is 19.2. The van der Waals surface area contributed by atoms with Crippen LogP contribution in [0, 0.1) is 0 Å². The lowest BCUT2D eigenvalue weighted by Crippen LogP contribution is -2.16. The molecule has 0 amide bonds. The van der Waals surface area contributed by atoms with Gasteiger partial charge in [0.25, 0.3) is 0 Å². The highest BCUT2D eigenvalue weighted by Crippen LogP contribution is 2.46. The molecule has 0 aliphatic rings. The quantitative estimate of drug-likeness (QED) is 0.460. The van der Waals surface area contributed by atoms with Crippen LogP contribution in [0.15, 0.2) is 24.3 Å². The van der Waals surface area contributed by atoms with Crippen LogP contribution in [-0.2, 0) is 34.7 Å². The van der Waals surface area contributed by atoms with Crippen molar-refractivity contribution in [3.63, 3.8) is 0 Å². The molecule has 0 saturated carbocycles. The topological polar surface area (TPSA) is 87.0 Å². The smallest absolute Gasteiger partial charge is 0.507 e. The Kier molecular flexibility index (Phi) is 7.37. The van der Waals surface area contributed by atoms with Gasteiger partial charge in [-0.15, -0.1) is 0 Å². The molecule has 2 aromatic rings. The van der Waals surface area contributed by atoms with Crippen molar-refractivity contribution in [2.24, 2.45) is 0 Å². The number of phenols is 1. The molecule has 172 valence electrons. The number of phosphoric acid groups is 1. The van der Waals surface area contributed by atoms with Gasteiger partial charge in [-0.1, -0.05) is 79.7 Å². The highest BCUT2D eigenvalue weighted by molar-refractivity contribution is 7.46. The van der Waals surface area contributed by atoms with Gasteiger partial charge >= 0.3 is 7.82 Å². The first-order valence-corrected chi connectivity index (χ1v) is 12.4. The number of hydrogen-bond donors (Lipinski definition) is 3. The van der Waals surface area contributed by atoms with Gasteiger partial charge in [0.1, 0.15) is 11.5 Å². The third-order valence-electron chi connectivity index (χ3n) is 5.50. The second kappa shape index (κ2) is 8.97. The van der Waals surface area contributed by atoms with Crippen molar-refractivity contribution in [3.8, 4) is 11.5 Å². The van der Waals surface area contributed by atoms with Crippen LogP contribution in [0.1, 0.15) is 88.8 Å². The Balaban J connectivity index is 2.78. The molecule has 0 aliphatic heterocycles. The Morgan fingerprint density at radius 3 is 1.68 bits per heavy atom. The zero-order valence-electron chi connectivity index (χ0n) is 20.0. The van der Waals surface area contributed by atoms with Crippen LogP contribution >= 0.6 is 7.82 Å². The van der Waals surface area contributed by atoms with E-state index in [4.69, 9.17) is 4.52 Å². The Morgan fingerprint density at radius 1 is 0.806 bits per heavy atom. The molecule has 0 bridgehead atoms. The minimum atomic E-state index is -4.77. The van der Waals surface area contributed by atoms with Crippen LogP contribution in [0.4, 0.5) is 0 Å². The maximum atomic E-state index is 11.8. The van der Waals surface area contributed by atoms with Crippen molar-refractivity contribution in [2.75, 3.05) is 0 Å². The predicted octanol–water partition coefficient (Wildman–Crippen LogP) is 6.17. The monoisotopic (exact) mass is 448 g/mol. The molecule has 0 fully saturated rings. The van der Waals surface area contributed by atoms with Crippen molar-refractivity contribution >= 4 is 7.82 Å². The molecule has 0 radical (unpaired) electrons. The molecule has 0 unspecified atom stereocenters. The van der Waals surface area contributed by atoms with Gasteiger partial charge in [-0.05, 0) is 51.5 Å². The second-order valence-corrected chi connectivity index (χ2v) is 11.4. The molecule has 2 aromatic carbocycles. The first-order valence-electron chi connectivity index (χ1n) is 10.8. The van der Waals surface area contributed by atoms with Gasteiger partial charge in [0, 0.05) is 12.0 Å². The van der Waals surface area contributed by atoms with Crippen molar-refractivity contribution in [3.05, 3.63) is 57.6 Å². The van der Waals surface area contributed by atoms with E-state index < -0.39 is 7.82 Å². The summed E-state index contributed by atoms with van der Waals surface area (Å²) < 4.78 is 17.1. The number of phosphoric ester groups is 1. The highest BCUT2D eigenvalue weighted by atomic mass is 31.2. The number of benzene rings is 2. The maximum Gasteiger partial charge on any atom is 0.524 e. The van der Waals surface area contributed by atoms with E-state index in [9.17, 15) is 19.5 Å². The van der Waals surface area contributed by atoms with Crippen molar-refractivity contribution in [2.45, 2.75) is 85.5 Å². The minimum Gasteiger partial charge on any atom is -0.507 e. The van der Waals surface area contributed by atoms with E-state index in [1.807, 2.05) is 52.0 Å². The van der Waals surface area contributed by atoms with Gasteiger partial charge in [-0.2, -0.15) is 0 Å². The molecule has 0 heterocycles. The molecule has 0 aromatic heterocycles. The molecule has 0 atom stereocenters. The fourth-order valence-electron chi connectivity index (χ4n) is 3.75. The lowest BCUT2D eigenvalue weighted by Gasteiger charge is -2.27. The third kappa shape index (κ3) is 6.35. The number of aromatic hydroxyl groups is 1. The fraction of sp³-hybridized carbons (Fsp3) is 0.520. The van der Waals surface area contributed by atoms with E-state index in [1.54, 1.807) is 0 Å². The van der Waals surface area contributed by atoms with Crippen LogP contribution in [0.5, 0.6) is 11.5 Å². The average molecular weight is 449 g/mol. The van der Waals surface area contributed by atoms with Crippen LogP contribution in [0.2, 0.25) is 0 Å². The Hall–Kier alpha value is -1.81. The molecule has 3 N–H and O–H groups in total. The van der Waals surface area contributed by atoms with Crippen molar-refractivity contribution in [1.82, 2.24) is 0 Å². The lowest BCUT2D eigenvalue weighted by molar-refractivity contribution is 0.280. The van der Waals surface area contributed by atoms with Gasteiger partial charge < -0.3 is 9.63 Å². The van der Waals surface area contributed by atoms with Crippen LogP contribution in [0.3, 0.4) is 0 Å². The summed E-state index contributed by atoms with van der Waals surface area (Å²) in [6, 6.07) is 7.89. The van der Waals surface area contributed by atoms with E-state index in [0.29, 0.717) is 12.0 Å². The van der Waals surface area contributed by atoms with Gasteiger partial charge in [0.15, 0.2) is 0 Å². The number of rotatable bonds is 6. The summed E-state index contributed by atoms with van der Waals surface area (Å²) in [7, 11) is -4.77. The van der Waals surface area contributed by atoms with E-state index in [2.05, 4.69) is 27.7 Å². The van der Waals surface area contributed by atoms with Gasteiger partial charge in [0.2, 0.25) is 0 Å². The molecule has 2 rings (SSSR count). The van der Waals surface area contributed by atoms with Crippen LogP contribution in [-0.4, -0.2) is 14.9 Å². The van der Waals surface area contributed by atoms with Gasteiger partial charge in [-0.3, -0.25) is 9.79 Å². The first kappa shape index (κ1) is 25.5. The molecule has 5 nitrogen and oxygen atoms in total. The van der Waals surface area contributed by atoms with E-state index in [-0.39, 0.29) is 22.3 Å². The number of phenolic OH excluding ortho intramolecular Hbond substituents is 1. The second-order valence-electron chi connectivity index (χ2n) is 10.2. The van der Waals surface area contributed by atoms with E-state index >= 15 is 0 Å². The summed E-state index contributed by atoms with van der Waals surface area (Å²) in [5.41, 5.74) is 4.54. The largest absolute Gasteiger partial charge is 0.524 e. The fourth-order valence-corrected chi connectivity index (χ4v) is 4.20. The molecular weight excluding hydrogens is 411 g/mol. The van der Waals surface area contributed by atoms with Crippen molar-refractivity contribution in [1.29, 1.82) is 0 Å². The molecule has 31 heavy (non-hydrogen) atoms. The van der Waals surface area contributed by atoms with Crippen molar-refractivity contribution < 1.29 is 24.0 Å². The first-order chi connectivity index (χ1) is 14.1. The maximum absolute atomic E-state index is 11.8. The standard InChI is InChI=1S/C25H37O5P/c1-9-16-11-18(22(26)20(13-16)24(3,4)5)15-19-12-17(10-2)14-21(25(6,7)8)23(19)30-31(27,28)29/h11-14,26H,9-10,15H2,1-8H3,(H2,27,28,29). The highest BCUT2D eigenvalue weighted by Gasteiger charge is 2.29. The molecular formula is C25H37O5P. The summed E-state index contributed by atoms with van der Waals surface area (Å²) in [5.74, 6) is 0.433. The van der Waals surface area contributed by atoms with Gasteiger partial charge in [-0.25, -0.2) is 4.57 Å². The van der Waals surface area contributed by atoms with E-state index in [1.165, 1.54) is 0 Å². The lowest BCUT2D eigenvalue weighted by atomic mass is 9.81. The molecule has 6 heteroatoms. The zero-order chi connectivity index (χ0) is 23.8. The van der Waals surface area contributed by atoms with Crippen LogP contribution in [0.25, 0.3) is 0 Å². The number of aryl methyl sites for hydroxylation is 2. The SMILES string of the molecule is CCc1cc(Cc2cc(CC)cc(C(C)(C)C)c2OP(=O)(O)O)c(O)c(C(C)(C)C)c1. The predicted molar refractivity (Wildman–Crippen MR) is 126 cm³/mol. The summed E-state index contributed by atoms with van der Waals surface area (Å²) in [5, 5.41) is 11.1. The van der Waals surface area contributed by atoms with E-state index in [0.717, 1.165) is 40.7 Å². The van der Waals surface area contributed by atoms with Gasteiger partial charge in [0.05, 0.1) is 0 Å². The normalized spacial score (nSPS) is 12.8. The third-order valence-corrected chi connectivity index (χ3v) is 5.92. The molecule has 0 spiro atoms.